The summed E-state index contributed by atoms with van der Waals surface area (Å²) in [6.45, 7) is 4.58. The number of H-pyrrole nitrogens is 1. The van der Waals surface area contributed by atoms with E-state index in [0.717, 1.165) is 17.7 Å². The molecule has 0 atom stereocenters. The molecule has 0 aliphatic rings. The number of amides is 1. The summed E-state index contributed by atoms with van der Waals surface area (Å²) in [6, 6.07) is 9.87. The predicted molar refractivity (Wildman–Crippen MR) is 70.3 cm³/mol. The van der Waals surface area contributed by atoms with Gasteiger partial charge in [0.1, 0.15) is 5.69 Å². The Morgan fingerprint density at radius 3 is 2.67 bits per heavy atom. The Hall–Kier alpha value is -2.10. The second-order valence-corrected chi connectivity index (χ2v) is 4.30. The third-order valence-electron chi connectivity index (χ3n) is 2.82. The van der Waals surface area contributed by atoms with Gasteiger partial charge in [-0.1, -0.05) is 36.8 Å². The molecule has 1 heterocycles. The summed E-state index contributed by atoms with van der Waals surface area (Å²) >= 11 is 0. The minimum atomic E-state index is -0.147. The van der Waals surface area contributed by atoms with Crippen LogP contribution >= 0.6 is 0 Å². The third kappa shape index (κ3) is 2.97. The summed E-state index contributed by atoms with van der Waals surface area (Å²) in [5.41, 5.74) is 3.71. The minimum absolute atomic E-state index is 0.147. The molecule has 0 spiro atoms. The summed E-state index contributed by atoms with van der Waals surface area (Å²) in [6.07, 6.45) is 0.845. The topological polar surface area (TPSA) is 57.8 Å². The maximum atomic E-state index is 11.8. The lowest BCUT2D eigenvalue weighted by Gasteiger charge is -2.03. The highest BCUT2D eigenvalue weighted by Crippen LogP contribution is 2.04. The van der Waals surface area contributed by atoms with Gasteiger partial charge < -0.3 is 5.32 Å². The van der Waals surface area contributed by atoms with Crippen LogP contribution in [0.2, 0.25) is 0 Å². The molecule has 4 heteroatoms. The van der Waals surface area contributed by atoms with Crippen LogP contribution in [0.25, 0.3) is 0 Å². The van der Waals surface area contributed by atoms with Crippen molar-refractivity contribution in [3.63, 3.8) is 0 Å². The van der Waals surface area contributed by atoms with Gasteiger partial charge in [-0.05, 0) is 25.0 Å². The molecule has 0 fully saturated rings. The fourth-order valence-electron chi connectivity index (χ4n) is 1.64. The largest absolute Gasteiger partial charge is 0.347 e. The number of benzene rings is 1. The summed E-state index contributed by atoms with van der Waals surface area (Å²) < 4.78 is 0. The second-order valence-electron chi connectivity index (χ2n) is 4.30. The normalized spacial score (nSPS) is 10.3. The van der Waals surface area contributed by atoms with Crippen molar-refractivity contribution in [2.45, 2.75) is 26.8 Å². The summed E-state index contributed by atoms with van der Waals surface area (Å²) in [5.74, 6) is -0.147. The SMILES string of the molecule is CCc1cc(C(=O)NCc2ccc(C)cc2)n[nH]1. The number of hydrogen-bond donors (Lipinski definition) is 2. The van der Waals surface area contributed by atoms with E-state index in [0.29, 0.717) is 12.2 Å². The van der Waals surface area contributed by atoms with E-state index in [1.165, 1.54) is 5.56 Å². The number of hydrogen-bond acceptors (Lipinski definition) is 2. The van der Waals surface area contributed by atoms with E-state index in [4.69, 9.17) is 0 Å². The predicted octanol–water partition coefficient (Wildman–Crippen LogP) is 2.21. The Kier molecular flexibility index (Phi) is 3.77. The molecule has 1 amide bonds. The zero-order valence-electron chi connectivity index (χ0n) is 10.7. The molecule has 94 valence electrons. The van der Waals surface area contributed by atoms with E-state index in [-0.39, 0.29) is 5.91 Å². The molecule has 2 aromatic rings. The lowest BCUT2D eigenvalue weighted by molar-refractivity contribution is 0.0946. The maximum Gasteiger partial charge on any atom is 0.272 e. The highest BCUT2D eigenvalue weighted by Gasteiger charge is 2.09. The standard InChI is InChI=1S/C14H17N3O/c1-3-12-8-13(17-16-12)14(18)15-9-11-6-4-10(2)5-7-11/h4-8H,3,9H2,1-2H3,(H,15,18)(H,16,17). The molecule has 2 rings (SSSR count). The number of carbonyl (C=O) groups excluding carboxylic acids is 1. The van der Waals surface area contributed by atoms with Crippen LogP contribution in [0.3, 0.4) is 0 Å². The molecule has 4 nitrogen and oxygen atoms in total. The lowest BCUT2D eigenvalue weighted by Crippen LogP contribution is -2.23. The highest BCUT2D eigenvalue weighted by atomic mass is 16.1. The number of rotatable bonds is 4. The van der Waals surface area contributed by atoms with Crippen LogP contribution in [0.4, 0.5) is 0 Å². The second kappa shape index (κ2) is 5.49. The number of aromatic amines is 1. The molecular weight excluding hydrogens is 226 g/mol. The molecule has 1 aromatic carbocycles. The lowest BCUT2D eigenvalue weighted by atomic mass is 10.1. The molecule has 0 aliphatic heterocycles. The molecular formula is C14H17N3O. The zero-order valence-corrected chi connectivity index (χ0v) is 10.7. The van der Waals surface area contributed by atoms with Crippen LogP contribution in [0.5, 0.6) is 0 Å². The van der Waals surface area contributed by atoms with Gasteiger partial charge in [-0.25, -0.2) is 0 Å². The van der Waals surface area contributed by atoms with Crippen molar-refractivity contribution in [3.8, 4) is 0 Å². The van der Waals surface area contributed by atoms with Crippen molar-refractivity contribution in [1.29, 1.82) is 0 Å². The zero-order chi connectivity index (χ0) is 13.0. The van der Waals surface area contributed by atoms with E-state index >= 15 is 0 Å². The fourth-order valence-corrected chi connectivity index (χ4v) is 1.64. The van der Waals surface area contributed by atoms with Gasteiger partial charge in [0.25, 0.3) is 5.91 Å². The van der Waals surface area contributed by atoms with Gasteiger partial charge in [0.2, 0.25) is 0 Å². The Bertz CT molecular complexity index is 528. The molecule has 0 bridgehead atoms. The molecule has 0 unspecified atom stereocenters. The molecule has 0 aliphatic carbocycles. The summed E-state index contributed by atoms with van der Waals surface area (Å²) in [7, 11) is 0. The third-order valence-corrected chi connectivity index (χ3v) is 2.82. The first-order chi connectivity index (χ1) is 8.69. The van der Waals surface area contributed by atoms with Gasteiger partial charge in [-0.2, -0.15) is 5.10 Å². The first-order valence-electron chi connectivity index (χ1n) is 6.07. The smallest absolute Gasteiger partial charge is 0.272 e. The number of carbonyl (C=O) groups is 1. The van der Waals surface area contributed by atoms with Gasteiger partial charge in [-0.3, -0.25) is 9.89 Å². The number of aromatic nitrogens is 2. The Morgan fingerprint density at radius 1 is 1.33 bits per heavy atom. The quantitative estimate of drug-likeness (QED) is 0.865. The van der Waals surface area contributed by atoms with Crippen LogP contribution in [0, 0.1) is 6.92 Å². The molecule has 1 aromatic heterocycles. The van der Waals surface area contributed by atoms with E-state index in [2.05, 4.69) is 15.5 Å². The Balaban J connectivity index is 1.93. The summed E-state index contributed by atoms with van der Waals surface area (Å²) in [5, 5.41) is 9.66. The average Bonchev–Trinajstić information content (AvgIpc) is 2.86. The van der Waals surface area contributed by atoms with Gasteiger partial charge in [-0.15, -0.1) is 0 Å². The van der Waals surface area contributed by atoms with Crippen molar-refractivity contribution < 1.29 is 4.79 Å². The Morgan fingerprint density at radius 2 is 2.06 bits per heavy atom. The fraction of sp³-hybridized carbons (Fsp3) is 0.286. The minimum Gasteiger partial charge on any atom is -0.347 e. The van der Waals surface area contributed by atoms with Crippen molar-refractivity contribution in [1.82, 2.24) is 15.5 Å². The van der Waals surface area contributed by atoms with Gasteiger partial charge in [0.05, 0.1) is 0 Å². The Labute approximate surface area is 106 Å². The van der Waals surface area contributed by atoms with E-state index < -0.39 is 0 Å². The van der Waals surface area contributed by atoms with Crippen molar-refractivity contribution in [2.75, 3.05) is 0 Å². The maximum absolute atomic E-state index is 11.8. The van der Waals surface area contributed by atoms with Crippen LogP contribution in [0.15, 0.2) is 30.3 Å². The van der Waals surface area contributed by atoms with Crippen molar-refractivity contribution in [3.05, 3.63) is 52.8 Å². The van der Waals surface area contributed by atoms with Crippen molar-refractivity contribution >= 4 is 5.91 Å². The molecule has 0 radical (unpaired) electrons. The van der Waals surface area contributed by atoms with Gasteiger partial charge in [0, 0.05) is 12.2 Å². The first-order valence-corrected chi connectivity index (χ1v) is 6.07. The molecule has 0 saturated heterocycles. The van der Waals surface area contributed by atoms with E-state index in [1.54, 1.807) is 6.07 Å². The van der Waals surface area contributed by atoms with Crippen LogP contribution in [-0.2, 0) is 13.0 Å². The van der Waals surface area contributed by atoms with Crippen LogP contribution in [0.1, 0.15) is 34.2 Å². The molecule has 0 saturated carbocycles. The molecule has 18 heavy (non-hydrogen) atoms. The average molecular weight is 243 g/mol. The van der Waals surface area contributed by atoms with Crippen LogP contribution < -0.4 is 5.32 Å². The summed E-state index contributed by atoms with van der Waals surface area (Å²) in [4.78, 5) is 11.8. The monoisotopic (exact) mass is 243 g/mol. The number of nitrogens with one attached hydrogen (secondary N) is 2. The first kappa shape index (κ1) is 12.4. The van der Waals surface area contributed by atoms with E-state index in [9.17, 15) is 4.79 Å². The highest BCUT2D eigenvalue weighted by molar-refractivity contribution is 5.92. The van der Waals surface area contributed by atoms with Crippen LogP contribution in [-0.4, -0.2) is 16.1 Å². The van der Waals surface area contributed by atoms with Crippen molar-refractivity contribution in [2.24, 2.45) is 0 Å². The van der Waals surface area contributed by atoms with E-state index in [1.807, 2.05) is 38.1 Å². The van der Waals surface area contributed by atoms with Gasteiger partial charge in [0.15, 0.2) is 0 Å². The number of aryl methyl sites for hydroxylation is 2. The number of nitrogens with zero attached hydrogens (tertiary/aromatic N) is 1. The van der Waals surface area contributed by atoms with Gasteiger partial charge >= 0.3 is 0 Å². The molecule has 2 N–H and O–H groups in total.